The van der Waals surface area contributed by atoms with Gasteiger partial charge in [0.1, 0.15) is 0 Å². The first-order valence-corrected chi connectivity index (χ1v) is 6.31. The number of anilines is 1. The van der Waals surface area contributed by atoms with E-state index in [2.05, 4.69) is 30.9 Å². The minimum atomic E-state index is 0.675. The van der Waals surface area contributed by atoms with E-state index in [1.54, 1.807) is 0 Å². The van der Waals surface area contributed by atoms with Crippen LogP contribution in [0.3, 0.4) is 0 Å². The molecule has 0 aliphatic heterocycles. The van der Waals surface area contributed by atoms with Crippen molar-refractivity contribution in [3.8, 4) is 0 Å². The van der Waals surface area contributed by atoms with Crippen LogP contribution in [0.5, 0.6) is 0 Å². The molecule has 1 aliphatic carbocycles. The first-order valence-electron chi connectivity index (χ1n) is 6.31. The molecule has 2 nitrogen and oxygen atoms in total. The molecule has 2 N–H and O–H groups in total. The predicted molar refractivity (Wildman–Crippen MR) is 69.2 cm³/mol. The lowest BCUT2D eigenvalue weighted by molar-refractivity contribution is 0.185. The summed E-state index contributed by atoms with van der Waals surface area (Å²) < 4.78 is 0. The lowest BCUT2D eigenvalue weighted by atomic mass is 10.1. The molecule has 0 aromatic heterocycles. The van der Waals surface area contributed by atoms with Crippen LogP contribution in [0.25, 0.3) is 0 Å². The third-order valence-corrected chi connectivity index (χ3v) is 3.49. The summed E-state index contributed by atoms with van der Waals surface area (Å²) in [5.74, 6) is 0. The molecule has 88 valence electrons. The van der Waals surface area contributed by atoms with Crippen LogP contribution in [0.4, 0.5) is 5.69 Å². The van der Waals surface area contributed by atoms with Gasteiger partial charge < -0.3 is 5.73 Å². The van der Waals surface area contributed by atoms with E-state index in [4.69, 9.17) is 5.73 Å². The Morgan fingerprint density at radius 2 is 2.19 bits per heavy atom. The zero-order valence-electron chi connectivity index (χ0n) is 10.3. The molecule has 0 spiro atoms. The van der Waals surface area contributed by atoms with Crippen molar-refractivity contribution in [2.24, 2.45) is 0 Å². The Kier molecular flexibility index (Phi) is 3.49. The third-order valence-electron chi connectivity index (χ3n) is 3.49. The Morgan fingerprint density at radius 3 is 2.75 bits per heavy atom. The van der Waals surface area contributed by atoms with Crippen LogP contribution >= 0.6 is 0 Å². The van der Waals surface area contributed by atoms with Crippen molar-refractivity contribution in [3.63, 3.8) is 0 Å². The topological polar surface area (TPSA) is 29.3 Å². The first-order chi connectivity index (χ1) is 7.70. The highest BCUT2D eigenvalue weighted by Gasteiger charge is 2.31. The van der Waals surface area contributed by atoms with Crippen molar-refractivity contribution >= 4 is 5.69 Å². The Labute approximate surface area is 98.4 Å². The standard InChI is InChI=1S/C14H22N2/c1-3-11(2)16(14-7-8-14)10-12-5-4-6-13(15)9-12/h4-6,9,11,14H,3,7-8,10,15H2,1-2H3. The molecule has 16 heavy (non-hydrogen) atoms. The molecule has 1 aliphatic rings. The molecule has 0 radical (unpaired) electrons. The fraction of sp³-hybridized carbons (Fsp3) is 0.571. The highest BCUT2D eigenvalue weighted by molar-refractivity contribution is 5.40. The summed E-state index contributed by atoms with van der Waals surface area (Å²) in [5.41, 5.74) is 8.03. The number of nitrogens with two attached hydrogens (primary N) is 1. The normalized spacial score (nSPS) is 17.7. The summed E-state index contributed by atoms with van der Waals surface area (Å²) >= 11 is 0. The van der Waals surface area contributed by atoms with Crippen LogP contribution in [-0.2, 0) is 6.54 Å². The van der Waals surface area contributed by atoms with Gasteiger partial charge in [0.05, 0.1) is 0 Å². The molecule has 1 aromatic carbocycles. The van der Waals surface area contributed by atoms with E-state index >= 15 is 0 Å². The summed E-state index contributed by atoms with van der Waals surface area (Å²) in [4.78, 5) is 2.62. The van der Waals surface area contributed by atoms with Crippen molar-refractivity contribution in [2.75, 3.05) is 5.73 Å². The fourth-order valence-electron chi connectivity index (χ4n) is 2.19. The largest absolute Gasteiger partial charge is 0.399 e. The Morgan fingerprint density at radius 1 is 1.44 bits per heavy atom. The number of benzene rings is 1. The van der Waals surface area contributed by atoms with E-state index in [1.165, 1.54) is 24.8 Å². The minimum absolute atomic E-state index is 0.675. The molecule has 0 bridgehead atoms. The summed E-state index contributed by atoms with van der Waals surface area (Å²) in [6.45, 7) is 5.63. The summed E-state index contributed by atoms with van der Waals surface area (Å²) in [5, 5.41) is 0. The van der Waals surface area contributed by atoms with Gasteiger partial charge in [-0.05, 0) is 43.9 Å². The molecule has 0 heterocycles. The number of hydrogen-bond acceptors (Lipinski definition) is 2. The quantitative estimate of drug-likeness (QED) is 0.770. The van der Waals surface area contributed by atoms with E-state index in [1.807, 2.05) is 12.1 Å². The van der Waals surface area contributed by atoms with Gasteiger partial charge in [-0.25, -0.2) is 0 Å². The lowest BCUT2D eigenvalue weighted by Gasteiger charge is -2.28. The number of hydrogen-bond donors (Lipinski definition) is 1. The molecule has 1 saturated carbocycles. The van der Waals surface area contributed by atoms with Crippen molar-refractivity contribution in [1.29, 1.82) is 0 Å². The van der Waals surface area contributed by atoms with Gasteiger partial charge in [0, 0.05) is 24.3 Å². The molecule has 2 heteroatoms. The van der Waals surface area contributed by atoms with Crippen molar-refractivity contribution in [3.05, 3.63) is 29.8 Å². The average Bonchev–Trinajstić information content (AvgIpc) is 3.09. The Hall–Kier alpha value is -1.02. The lowest BCUT2D eigenvalue weighted by Crippen LogP contribution is -2.34. The Bertz CT molecular complexity index is 344. The maximum Gasteiger partial charge on any atom is 0.0317 e. The van der Waals surface area contributed by atoms with E-state index in [0.29, 0.717) is 6.04 Å². The van der Waals surface area contributed by atoms with Gasteiger partial charge in [0.15, 0.2) is 0 Å². The van der Waals surface area contributed by atoms with E-state index in [9.17, 15) is 0 Å². The molecule has 0 amide bonds. The number of nitrogen functional groups attached to an aromatic ring is 1. The molecular weight excluding hydrogens is 196 g/mol. The molecule has 0 saturated heterocycles. The predicted octanol–water partition coefficient (Wildman–Crippen LogP) is 3.03. The summed E-state index contributed by atoms with van der Waals surface area (Å²) in [6, 6.07) is 9.76. The van der Waals surface area contributed by atoms with Gasteiger partial charge in [0.2, 0.25) is 0 Å². The van der Waals surface area contributed by atoms with Crippen LogP contribution in [0.2, 0.25) is 0 Å². The monoisotopic (exact) mass is 218 g/mol. The van der Waals surface area contributed by atoms with Gasteiger partial charge in [-0.15, -0.1) is 0 Å². The van der Waals surface area contributed by atoms with E-state index in [0.717, 1.165) is 18.3 Å². The number of rotatable bonds is 5. The Balaban J connectivity index is 2.05. The zero-order chi connectivity index (χ0) is 11.5. The number of nitrogens with zero attached hydrogens (tertiary/aromatic N) is 1. The molecule has 2 rings (SSSR count). The van der Waals surface area contributed by atoms with Crippen molar-refractivity contribution in [2.45, 2.75) is 51.7 Å². The maximum atomic E-state index is 5.82. The zero-order valence-corrected chi connectivity index (χ0v) is 10.3. The molecular formula is C14H22N2. The minimum Gasteiger partial charge on any atom is -0.399 e. The van der Waals surface area contributed by atoms with Crippen molar-refractivity contribution < 1.29 is 0 Å². The van der Waals surface area contributed by atoms with Gasteiger partial charge in [-0.3, -0.25) is 4.90 Å². The summed E-state index contributed by atoms with van der Waals surface area (Å²) in [6.07, 6.45) is 3.96. The van der Waals surface area contributed by atoms with Gasteiger partial charge in [-0.2, -0.15) is 0 Å². The molecule has 1 aromatic rings. The van der Waals surface area contributed by atoms with Gasteiger partial charge >= 0.3 is 0 Å². The van der Waals surface area contributed by atoms with Crippen molar-refractivity contribution in [1.82, 2.24) is 4.90 Å². The molecule has 1 atom stereocenters. The smallest absolute Gasteiger partial charge is 0.0317 e. The fourth-order valence-corrected chi connectivity index (χ4v) is 2.19. The van der Waals surface area contributed by atoms with Crippen LogP contribution in [0.15, 0.2) is 24.3 Å². The molecule has 1 fully saturated rings. The third kappa shape index (κ3) is 2.76. The van der Waals surface area contributed by atoms with Gasteiger partial charge in [0.25, 0.3) is 0 Å². The maximum absolute atomic E-state index is 5.82. The van der Waals surface area contributed by atoms with E-state index < -0.39 is 0 Å². The van der Waals surface area contributed by atoms with Crippen LogP contribution in [-0.4, -0.2) is 17.0 Å². The van der Waals surface area contributed by atoms with Crippen LogP contribution < -0.4 is 5.73 Å². The second-order valence-corrected chi connectivity index (χ2v) is 4.91. The second-order valence-electron chi connectivity index (χ2n) is 4.91. The average molecular weight is 218 g/mol. The highest BCUT2D eigenvalue weighted by atomic mass is 15.2. The molecule has 1 unspecified atom stereocenters. The van der Waals surface area contributed by atoms with E-state index in [-0.39, 0.29) is 0 Å². The second kappa shape index (κ2) is 4.88. The summed E-state index contributed by atoms with van der Waals surface area (Å²) in [7, 11) is 0. The first kappa shape index (κ1) is 11.5. The van der Waals surface area contributed by atoms with Crippen LogP contribution in [0.1, 0.15) is 38.7 Å². The van der Waals surface area contributed by atoms with Gasteiger partial charge in [-0.1, -0.05) is 19.1 Å². The SMILES string of the molecule is CCC(C)N(Cc1cccc(N)c1)C1CC1. The van der Waals surface area contributed by atoms with Crippen LogP contribution in [0, 0.1) is 0 Å². The highest BCUT2D eigenvalue weighted by Crippen LogP contribution is 2.31.